The van der Waals surface area contributed by atoms with Gasteiger partial charge < -0.3 is 4.90 Å². The second kappa shape index (κ2) is 5.07. The molecule has 0 aromatic heterocycles. The summed E-state index contributed by atoms with van der Waals surface area (Å²) in [5.41, 5.74) is 1.03. The largest absolute Gasteiger partial charge is 0.343 e. The van der Waals surface area contributed by atoms with Crippen LogP contribution in [0, 0.1) is 6.92 Å². The third kappa shape index (κ3) is 2.54. The Morgan fingerprint density at radius 3 is 2.11 bits per heavy atom. The van der Waals surface area contributed by atoms with Crippen molar-refractivity contribution in [3.05, 3.63) is 29.8 Å². The molecule has 0 radical (unpaired) electrons. The van der Waals surface area contributed by atoms with Crippen LogP contribution in [0.2, 0.25) is 0 Å². The molecule has 0 saturated carbocycles. The Bertz CT molecular complexity index is 517. The number of sulfonamides is 1. The Hall–Kier alpha value is -1.40. The average molecular weight is 268 g/mol. The lowest BCUT2D eigenvalue weighted by molar-refractivity contribution is -0.119. The first kappa shape index (κ1) is 13.0. The number of benzene rings is 1. The normalized spacial score (nSPS) is 17.7. The summed E-state index contributed by atoms with van der Waals surface area (Å²) in [6, 6.07) is 6.82. The molecule has 0 unspecified atom stereocenters. The minimum atomic E-state index is -3.42. The fourth-order valence-corrected chi connectivity index (χ4v) is 3.33. The van der Waals surface area contributed by atoms with Gasteiger partial charge in [0.25, 0.3) is 0 Å². The highest BCUT2D eigenvalue weighted by Gasteiger charge is 2.27. The summed E-state index contributed by atoms with van der Waals surface area (Å²) in [6.45, 7) is 3.53. The monoisotopic (exact) mass is 268 g/mol. The first-order valence-corrected chi connectivity index (χ1v) is 7.24. The van der Waals surface area contributed by atoms with Crippen LogP contribution in [0.25, 0.3) is 0 Å². The van der Waals surface area contributed by atoms with E-state index < -0.39 is 10.0 Å². The fraction of sp³-hybridized carbons (Fsp3) is 0.417. The molecule has 0 atom stereocenters. The molecule has 6 heteroatoms. The molecule has 1 heterocycles. The molecule has 2 rings (SSSR count). The van der Waals surface area contributed by atoms with E-state index in [-0.39, 0.29) is 0 Å². The van der Waals surface area contributed by atoms with E-state index in [4.69, 9.17) is 0 Å². The van der Waals surface area contributed by atoms with E-state index in [2.05, 4.69) is 0 Å². The van der Waals surface area contributed by atoms with Gasteiger partial charge in [0, 0.05) is 26.2 Å². The smallest absolute Gasteiger partial charge is 0.243 e. The van der Waals surface area contributed by atoms with Crippen molar-refractivity contribution >= 4 is 16.4 Å². The van der Waals surface area contributed by atoms with Gasteiger partial charge in [0.15, 0.2) is 0 Å². The maximum atomic E-state index is 12.3. The molecule has 1 fully saturated rings. The number of nitrogens with zero attached hydrogens (tertiary/aromatic N) is 2. The minimum absolute atomic E-state index is 0.313. The number of carbonyl (C=O) groups is 1. The quantitative estimate of drug-likeness (QED) is 0.748. The molecule has 1 saturated heterocycles. The van der Waals surface area contributed by atoms with E-state index in [1.165, 1.54) is 4.31 Å². The molecule has 1 aromatic rings. The van der Waals surface area contributed by atoms with E-state index >= 15 is 0 Å². The van der Waals surface area contributed by atoms with Crippen LogP contribution in [0.5, 0.6) is 0 Å². The highest BCUT2D eigenvalue weighted by Crippen LogP contribution is 2.17. The topological polar surface area (TPSA) is 57.7 Å². The molecular weight excluding hydrogens is 252 g/mol. The molecule has 0 bridgehead atoms. The van der Waals surface area contributed by atoms with Crippen LogP contribution in [0.1, 0.15) is 5.56 Å². The van der Waals surface area contributed by atoms with Gasteiger partial charge in [-0.3, -0.25) is 4.79 Å². The van der Waals surface area contributed by atoms with Gasteiger partial charge in [0.05, 0.1) is 4.90 Å². The van der Waals surface area contributed by atoms with Gasteiger partial charge in [-0.1, -0.05) is 17.7 Å². The fourth-order valence-electron chi connectivity index (χ4n) is 1.91. The van der Waals surface area contributed by atoms with E-state index in [1.807, 2.05) is 6.92 Å². The number of amides is 1. The van der Waals surface area contributed by atoms with Gasteiger partial charge in [-0.25, -0.2) is 8.42 Å². The lowest BCUT2D eigenvalue weighted by Crippen LogP contribution is -2.47. The van der Waals surface area contributed by atoms with Crippen molar-refractivity contribution < 1.29 is 13.2 Å². The van der Waals surface area contributed by atoms with E-state index in [9.17, 15) is 13.2 Å². The summed E-state index contributed by atoms with van der Waals surface area (Å²) in [7, 11) is -3.42. The standard InChI is InChI=1S/C12H16N2O3S/c1-11-2-4-12(5-3-11)18(16,17)14-8-6-13(10-15)7-9-14/h2-5,10H,6-9H2,1H3. The van der Waals surface area contributed by atoms with Gasteiger partial charge in [-0.05, 0) is 19.1 Å². The first-order valence-electron chi connectivity index (χ1n) is 5.80. The molecule has 0 spiro atoms. The number of aryl methyl sites for hydroxylation is 1. The molecule has 0 N–H and O–H groups in total. The van der Waals surface area contributed by atoms with Crippen LogP contribution in [-0.2, 0) is 14.8 Å². The Morgan fingerprint density at radius 1 is 1.06 bits per heavy atom. The summed E-state index contributed by atoms with van der Waals surface area (Å²) in [4.78, 5) is 12.5. The predicted molar refractivity (Wildman–Crippen MR) is 67.6 cm³/mol. The number of carbonyl (C=O) groups excluding carboxylic acids is 1. The molecular formula is C12H16N2O3S. The summed E-state index contributed by atoms with van der Waals surface area (Å²) in [6.07, 6.45) is 0.760. The predicted octanol–water partition coefficient (Wildman–Crippen LogP) is 0.458. The molecule has 1 amide bonds. The third-order valence-corrected chi connectivity index (χ3v) is 4.99. The third-order valence-electron chi connectivity index (χ3n) is 3.08. The van der Waals surface area contributed by atoms with Crippen molar-refractivity contribution in [2.75, 3.05) is 26.2 Å². The van der Waals surface area contributed by atoms with Gasteiger partial charge in [-0.2, -0.15) is 4.31 Å². The Kier molecular flexibility index (Phi) is 3.68. The zero-order chi connectivity index (χ0) is 13.2. The first-order chi connectivity index (χ1) is 8.54. The van der Waals surface area contributed by atoms with E-state index in [0.717, 1.165) is 12.0 Å². The van der Waals surface area contributed by atoms with Gasteiger partial charge in [-0.15, -0.1) is 0 Å². The molecule has 1 aliphatic rings. The van der Waals surface area contributed by atoms with Gasteiger partial charge >= 0.3 is 0 Å². The number of hydrogen-bond donors (Lipinski definition) is 0. The lowest BCUT2D eigenvalue weighted by atomic mass is 10.2. The highest BCUT2D eigenvalue weighted by molar-refractivity contribution is 7.89. The second-order valence-electron chi connectivity index (χ2n) is 4.36. The van der Waals surface area contributed by atoms with Crippen LogP contribution >= 0.6 is 0 Å². The zero-order valence-corrected chi connectivity index (χ0v) is 11.1. The summed E-state index contributed by atoms with van der Waals surface area (Å²) in [5.74, 6) is 0. The maximum absolute atomic E-state index is 12.3. The maximum Gasteiger partial charge on any atom is 0.243 e. The van der Waals surface area contributed by atoms with Gasteiger partial charge in [0.2, 0.25) is 16.4 Å². The van der Waals surface area contributed by atoms with Gasteiger partial charge in [0.1, 0.15) is 0 Å². The van der Waals surface area contributed by atoms with Crippen LogP contribution in [0.3, 0.4) is 0 Å². The second-order valence-corrected chi connectivity index (χ2v) is 6.30. The van der Waals surface area contributed by atoms with Crippen molar-refractivity contribution in [2.45, 2.75) is 11.8 Å². The van der Waals surface area contributed by atoms with Crippen molar-refractivity contribution in [3.8, 4) is 0 Å². The number of rotatable bonds is 3. The number of hydrogen-bond acceptors (Lipinski definition) is 3. The molecule has 0 aliphatic carbocycles. The summed E-state index contributed by atoms with van der Waals surface area (Å²) < 4.78 is 26.1. The average Bonchev–Trinajstić information content (AvgIpc) is 2.39. The highest BCUT2D eigenvalue weighted by atomic mass is 32.2. The minimum Gasteiger partial charge on any atom is -0.343 e. The molecule has 1 aliphatic heterocycles. The summed E-state index contributed by atoms with van der Waals surface area (Å²) >= 11 is 0. The molecule has 18 heavy (non-hydrogen) atoms. The lowest BCUT2D eigenvalue weighted by Gasteiger charge is -2.31. The molecule has 98 valence electrons. The zero-order valence-electron chi connectivity index (χ0n) is 10.2. The number of piperazine rings is 1. The SMILES string of the molecule is Cc1ccc(S(=O)(=O)N2CCN(C=O)CC2)cc1. The Labute approximate surface area is 107 Å². The Morgan fingerprint density at radius 2 is 1.61 bits per heavy atom. The Balaban J connectivity index is 2.17. The van der Waals surface area contributed by atoms with Crippen LogP contribution < -0.4 is 0 Å². The van der Waals surface area contributed by atoms with E-state index in [1.54, 1.807) is 29.2 Å². The van der Waals surface area contributed by atoms with Crippen LogP contribution in [0.4, 0.5) is 0 Å². The summed E-state index contributed by atoms with van der Waals surface area (Å²) in [5, 5.41) is 0. The van der Waals surface area contributed by atoms with Crippen molar-refractivity contribution in [3.63, 3.8) is 0 Å². The molecule has 1 aromatic carbocycles. The van der Waals surface area contributed by atoms with E-state index in [0.29, 0.717) is 31.1 Å². The van der Waals surface area contributed by atoms with Crippen LogP contribution in [0.15, 0.2) is 29.2 Å². The van der Waals surface area contributed by atoms with Crippen molar-refractivity contribution in [2.24, 2.45) is 0 Å². The van der Waals surface area contributed by atoms with Crippen molar-refractivity contribution in [1.82, 2.24) is 9.21 Å². The van der Waals surface area contributed by atoms with Crippen molar-refractivity contribution in [1.29, 1.82) is 0 Å². The van der Waals surface area contributed by atoms with Crippen LogP contribution in [-0.4, -0.2) is 50.2 Å². The molecule has 5 nitrogen and oxygen atoms in total.